The van der Waals surface area contributed by atoms with Crippen molar-refractivity contribution in [2.75, 3.05) is 10.6 Å². The zero-order chi connectivity index (χ0) is 16.3. The van der Waals surface area contributed by atoms with Gasteiger partial charge in [0.1, 0.15) is 23.9 Å². The van der Waals surface area contributed by atoms with E-state index in [1.165, 1.54) is 0 Å². The van der Waals surface area contributed by atoms with Gasteiger partial charge in [0.15, 0.2) is 5.57 Å². The molecule has 22 heavy (non-hydrogen) atoms. The molecule has 0 atom stereocenters. The van der Waals surface area contributed by atoms with Crippen LogP contribution in [-0.2, 0) is 11.2 Å². The number of rotatable bonds is 2. The molecule has 6 heteroatoms. The molecular weight excluding hydrogens is 278 g/mol. The van der Waals surface area contributed by atoms with E-state index in [0.29, 0.717) is 17.8 Å². The van der Waals surface area contributed by atoms with Gasteiger partial charge >= 0.3 is 0 Å². The fraction of sp³-hybridized carbons (Fsp3) is 0.250. The van der Waals surface area contributed by atoms with Crippen molar-refractivity contribution in [2.24, 2.45) is 5.41 Å². The number of hydrogen-bond acceptors (Lipinski definition) is 5. The van der Waals surface area contributed by atoms with Gasteiger partial charge in [-0.2, -0.15) is 15.8 Å². The average molecular weight is 291 g/mol. The quantitative estimate of drug-likeness (QED) is 0.812. The first kappa shape index (κ1) is 15.1. The van der Waals surface area contributed by atoms with Gasteiger partial charge < -0.3 is 10.6 Å². The molecule has 0 spiro atoms. The SMILES string of the molecule is CC1(C)Cc2c(cccc2NC(C#N)=C(C#N)C#N)NC1=O. The van der Waals surface area contributed by atoms with Crippen LogP contribution in [0.15, 0.2) is 29.5 Å². The summed E-state index contributed by atoms with van der Waals surface area (Å²) in [5, 5.41) is 32.6. The molecule has 2 N–H and O–H groups in total. The predicted molar refractivity (Wildman–Crippen MR) is 80.0 cm³/mol. The molecule has 0 saturated heterocycles. The zero-order valence-electron chi connectivity index (χ0n) is 12.2. The van der Waals surface area contributed by atoms with Gasteiger partial charge in [0.05, 0.1) is 0 Å². The van der Waals surface area contributed by atoms with E-state index in [-0.39, 0.29) is 17.2 Å². The highest BCUT2D eigenvalue weighted by Crippen LogP contribution is 2.37. The summed E-state index contributed by atoms with van der Waals surface area (Å²) in [6.45, 7) is 3.66. The summed E-state index contributed by atoms with van der Waals surface area (Å²) in [5.74, 6) is -0.0667. The highest BCUT2D eigenvalue weighted by Gasteiger charge is 2.34. The molecular formula is C16H13N5O. The second-order valence-corrected chi connectivity index (χ2v) is 5.56. The summed E-state index contributed by atoms with van der Waals surface area (Å²) < 4.78 is 0. The zero-order valence-corrected chi connectivity index (χ0v) is 12.2. The number of nitrogens with zero attached hydrogens (tertiary/aromatic N) is 3. The number of hydrogen-bond donors (Lipinski definition) is 2. The fourth-order valence-electron chi connectivity index (χ4n) is 2.24. The minimum Gasteiger partial charge on any atom is -0.345 e. The Morgan fingerprint density at radius 1 is 1.23 bits per heavy atom. The number of carbonyl (C=O) groups is 1. The Morgan fingerprint density at radius 3 is 2.50 bits per heavy atom. The number of allylic oxidation sites excluding steroid dienone is 2. The molecule has 0 aromatic heterocycles. The van der Waals surface area contributed by atoms with Gasteiger partial charge in [0.25, 0.3) is 0 Å². The van der Waals surface area contributed by atoms with Crippen LogP contribution in [0, 0.1) is 39.4 Å². The number of carbonyl (C=O) groups excluding carboxylic acids is 1. The summed E-state index contributed by atoms with van der Waals surface area (Å²) in [6.07, 6.45) is 0.491. The fourth-order valence-corrected chi connectivity index (χ4v) is 2.24. The maximum absolute atomic E-state index is 12.0. The molecule has 0 unspecified atom stereocenters. The van der Waals surface area contributed by atoms with Crippen LogP contribution in [0.5, 0.6) is 0 Å². The first-order valence-corrected chi connectivity index (χ1v) is 6.58. The minimum atomic E-state index is -0.575. The van der Waals surface area contributed by atoms with Crippen molar-refractivity contribution in [1.29, 1.82) is 15.8 Å². The van der Waals surface area contributed by atoms with E-state index in [1.807, 2.05) is 19.9 Å². The molecule has 2 rings (SSSR count). The first-order chi connectivity index (χ1) is 10.4. The van der Waals surface area contributed by atoms with Crippen LogP contribution >= 0.6 is 0 Å². The Balaban J connectivity index is 2.49. The molecule has 1 aromatic rings. The third kappa shape index (κ3) is 2.61. The van der Waals surface area contributed by atoms with Gasteiger partial charge in [-0.25, -0.2) is 0 Å². The molecule has 1 aliphatic heterocycles. The number of nitriles is 3. The average Bonchev–Trinajstić information content (AvgIpc) is 2.49. The second-order valence-electron chi connectivity index (χ2n) is 5.56. The summed E-state index contributed by atoms with van der Waals surface area (Å²) in [4.78, 5) is 12.0. The van der Waals surface area contributed by atoms with Gasteiger partial charge in [0, 0.05) is 22.4 Å². The lowest BCUT2D eigenvalue weighted by atomic mass is 9.80. The van der Waals surface area contributed by atoms with Crippen molar-refractivity contribution in [3.63, 3.8) is 0 Å². The number of fused-ring (bicyclic) bond motifs is 1. The van der Waals surface area contributed by atoms with Crippen molar-refractivity contribution < 1.29 is 4.79 Å². The van der Waals surface area contributed by atoms with Gasteiger partial charge in [-0.3, -0.25) is 4.79 Å². The second kappa shape index (κ2) is 5.60. The number of nitrogens with one attached hydrogen (secondary N) is 2. The lowest BCUT2D eigenvalue weighted by Gasteiger charge is -2.31. The van der Waals surface area contributed by atoms with Crippen LogP contribution < -0.4 is 10.6 Å². The molecule has 6 nitrogen and oxygen atoms in total. The van der Waals surface area contributed by atoms with E-state index in [2.05, 4.69) is 10.6 Å². The highest BCUT2D eigenvalue weighted by atomic mass is 16.2. The standard InChI is InChI=1S/C16H13N5O/c1-16(2)6-11-12(4-3-5-13(11)21-15(16)22)20-14(9-19)10(7-17)8-18/h3-5,20H,6H2,1-2H3,(H,21,22). The van der Waals surface area contributed by atoms with Crippen molar-refractivity contribution in [1.82, 2.24) is 0 Å². The topological polar surface area (TPSA) is 112 Å². The Bertz CT molecular complexity index is 783. The van der Waals surface area contributed by atoms with Crippen molar-refractivity contribution in [3.05, 3.63) is 35.0 Å². The smallest absolute Gasteiger partial charge is 0.230 e. The normalized spacial score (nSPS) is 14.4. The summed E-state index contributed by atoms with van der Waals surface area (Å²) in [6, 6.07) is 10.5. The van der Waals surface area contributed by atoms with Gasteiger partial charge in [-0.05, 0) is 18.6 Å². The minimum absolute atomic E-state index is 0.0667. The third-order valence-corrected chi connectivity index (χ3v) is 3.50. The third-order valence-electron chi connectivity index (χ3n) is 3.50. The van der Waals surface area contributed by atoms with Crippen molar-refractivity contribution in [3.8, 4) is 18.2 Å². The molecule has 1 amide bonds. The summed E-state index contributed by atoms with van der Waals surface area (Å²) >= 11 is 0. The predicted octanol–water partition coefficient (Wildman–Crippen LogP) is 2.44. The van der Waals surface area contributed by atoms with E-state index >= 15 is 0 Å². The monoisotopic (exact) mass is 291 g/mol. The molecule has 1 heterocycles. The molecule has 1 aromatic carbocycles. The van der Waals surface area contributed by atoms with Crippen LogP contribution in [0.25, 0.3) is 0 Å². The molecule has 0 fully saturated rings. The largest absolute Gasteiger partial charge is 0.345 e. The van der Waals surface area contributed by atoms with Gasteiger partial charge in [-0.1, -0.05) is 19.9 Å². The maximum Gasteiger partial charge on any atom is 0.230 e. The number of benzene rings is 1. The van der Waals surface area contributed by atoms with E-state index < -0.39 is 5.41 Å². The van der Waals surface area contributed by atoms with Crippen LogP contribution in [0.2, 0.25) is 0 Å². The van der Waals surface area contributed by atoms with E-state index in [0.717, 1.165) is 5.56 Å². The lowest BCUT2D eigenvalue weighted by Crippen LogP contribution is -2.37. The van der Waals surface area contributed by atoms with E-state index in [9.17, 15) is 4.79 Å². The Labute approximate surface area is 128 Å². The van der Waals surface area contributed by atoms with Gasteiger partial charge in [-0.15, -0.1) is 0 Å². The van der Waals surface area contributed by atoms with Crippen molar-refractivity contribution in [2.45, 2.75) is 20.3 Å². The van der Waals surface area contributed by atoms with E-state index in [1.54, 1.807) is 30.3 Å². The Morgan fingerprint density at radius 2 is 1.91 bits per heavy atom. The molecule has 1 aliphatic rings. The lowest BCUT2D eigenvalue weighted by molar-refractivity contribution is -0.124. The first-order valence-electron chi connectivity index (χ1n) is 6.58. The Hall–Kier alpha value is -3.30. The summed E-state index contributed by atoms with van der Waals surface area (Å²) in [7, 11) is 0. The van der Waals surface area contributed by atoms with Crippen LogP contribution in [0.4, 0.5) is 11.4 Å². The highest BCUT2D eigenvalue weighted by molar-refractivity contribution is 5.99. The van der Waals surface area contributed by atoms with Crippen molar-refractivity contribution >= 4 is 17.3 Å². The molecule has 0 aliphatic carbocycles. The van der Waals surface area contributed by atoms with Crippen LogP contribution in [0.1, 0.15) is 19.4 Å². The van der Waals surface area contributed by atoms with Crippen LogP contribution in [0.3, 0.4) is 0 Å². The molecule has 0 bridgehead atoms. The Kier molecular flexibility index (Phi) is 3.84. The number of anilines is 2. The van der Waals surface area contributed by atoms with Crippen LogP contribution in [-0.4, -0.2) is 5.91 Å². The molecule has 108 valence electrons. The maximum atomic E-state index is 12.0. The molecule has 0 saturated carbocycles. The van der Waals surface area contributed by atoms with Gasteiger partial charge in [0.2, 0.25) is 5.91 Å². The van der Waals surface area contributed by atoms with E-state index in [4.69, 9.17) is 15.8 Å². The number of amides is 1. The molecule has 0 radical (unpaired) electrons. The summed E-state index contributed by atoms with van der Waals surface area (Å²) in [5.41, 5.74) is 1.16.